The largest absolute Gasteiger partial charge is 0.301 e. The molecule has 1 saturated carbocycles. The van der Waals surface area contributed by atoms with Crippen molar-refractivity contribution in [2.75, 3.05) is 26.7 Å². The summed E-state index contributed by atoms with van der Waals surface area (Å²) in [5.41, 5.74) is -0.430. The second-order valence-electron chi connectivity index (χ2n) is 5.14. The van der Waals surface area contributed by atoms with E-state index in [2.05, 4.69) is 11.4 Å². The molecule has 0 amide bonds. The summed E-state index contributed by atoms with van der Waals surface area (Å²) in [5, 5.41) is 12.7. The molecule has 1 aliphatic rings. The van der Waals surface area contributed by atoms with Crippen LogP contribution in [-0.4, -0.2) is 43.5 Å². The van der Waals surface area contributed by atoms with Gasteiger partial charge in [0.1, 0.15) is 5.54 Å². The third-order valence-electron chi connectivity index (χ3n) is 3.82. The van der Waals surface area contributed by atoms with E-state index >= 15 is 0 Å². The molecule has 0 aromatic heterocycles. The van der Waals surface area contributed by atoms with Gasteiger partial charge in [-0.25, -0.2) is 8.78 Å². The Morgan fingerprint density at radius 3 is 2.83 bits per heavy atom. The highest BCUT2D eigenvalue weighted by atomic mass is 19.3. The number of hydrogen-bond donors (Lipinski definition) is 1. The third kappa shape index (κ3) is 3.89. The predicted molar refractivity (Wildman–Crippen MR) is 67.5 cm³/mol. The number of nitrogens with one attached hydrogen (secondary N) is 1. The van der Waals surface area contributed by atoms with Crippen LogP contribution in [0.3, 0.4) is 0 Å². The summed E-state index contributed by atoms with van der Waals surface area (Å²) in [6, 6.07) is 2.42. The zero-order valence-electron chi connectivity index (χ0n) is 11.3. The molecule has 1 rings (SSSR count). The Hall–Kier alpha value is -0.730. The van der Waals surface area contributed by atoms with Gasteiger partial charge in [-0.15, -0.1) is 0 Å². The van der Waals surface area contributed by atoms with E-state index in [1.54, 1.807) is 11.9 Å². The van der Waals surface area contributed by atoms with E-state index in [0.717, 1.165) is 32.2 Å². The molecule has 1 aliphatic carbocycles. The Kier molecular flexibility index (Phi) is 5.97. The highest BCUT2D eigenvalue weighted by Crippen LogP contribution is 2.37. The van der Waals surface area contributed by atoms with Crippen LogP contribution >= 0.6 is 0 Å². The Bertz CT molecular complexity index is 290. The van der Waals surface area contributed by atoms with Gasteiger partial charge in [0.05, 0.1) is 12.6 Å². The maximum absolute atomic E-state index is 12.2. The average molecular weight is 259 g/mol. The molecule has 0 radical (unpaired) electrons. The molecule has 0 aromatic carbocycles. The summed E-state index contributed by atoms with van der Waals surface area (Å²) < 4.78 is 24.4. The van der Waals surface area contributed by atoms with Crippen LogP contribution in [0.1, 0.15) is 32.6 Å². The van der Waals surface area contributed by atoms with Crippen molar-refractivity contribution in [1.82, 2.24) is 10.2 Å². The average Bonchev–Trinajstić information content (AvgIpc) is 2.70. The zero-order chi connectivity index (χ0) is 13.6. The van der Waals surface area contributed by atoms with Crippen molar-refractivity contribution in [3.8, 4) is 6.07 Å². The second kappa shape index (κ2) is 7.01. The fourth-order valence-corrected chi connectivity index (χ4v) is 2.91. The molecule has 1 fully saturated rings. The molecule has 0 aromatic rings. The molecule has 0 bridgehead atoms. The van der Waals surface area contributed by atoms with E-state index < -0.39 is 12.0 Å². The maximum Gasteiger partial charge on any atom is 0.251 e. The lowest BCUT2D eigenvalue weighted by molar-refractivity contribution is 0.0961. The van der Waals surface area contributed by atoms with E-state index in [1.165, 1.54) is 0 Å². The van der Waals surface area contributed by atoms with Gasteiger partial charge in [0, 0.05) is 0 Å². The topological polar surface area (TPSA) is 39.1 Å². The molecule has 1 N–H and O–H groups in total. The van der Waals surface area contributed by atoms with Crippen molar-refractivity contribution in [2.45, 2.75) is 44.6 Å². The molecule has 2 atom stereocenters. The maximum atomic E-state index is 12.2. The molecule has 104 valence electrons. The first kappa shape index (κ1) is 15.3. The van der Waals surface area contributed by atoms with Crippen molar-refractivity contribution < 1.29 is 8.78 Å². The van der Waals surface area contributed by atoms with E-state index in [1.807, 2.05) is 6.92 Å². The summed E-state index contributed by atoms with van der Waals surface area (Å²) in [5.74, 6) is 0.280. The fourth-order valence-electron chi connectivity index (χ4n) is 2.91. The number of nitrogens with zero attached hydrogens (tertiary/aromatic N) is 2. The Morgan fingerprint density at radius 1 is 1.56 bits per heavy atom. The zero-order valence-corrected chi connectivity index (χ0v) is 11.3. The van der Waals surface area contributed by atoms with Crippen molar-refractivity contribution in [1.29, 1.82) is 5.26 Å². The number of nitriles is 1. The lowest BCUT2D eigenvalue weighted by Crippen LogP contribution is -2.47. The van der Waals surface area contributed by atoms with Gasteiger partial charge in [-0.2, -0.15) is 5.26 Å². The molecule has 0 saturated heterocycles. The summed E-state index contributed by atoms with van der Waals surface area (Å²) >= 11 is 0. The predicted octanol–water partition coefficient (Wildman–Crippen LogP) is 2.25. The molecule has 0 aliphatic heterocycles. The van der Waals surface area contributed by atoms with Crippen LogP contribution in [-0.2, 0) is 0 Å². The van der Waals surface area contributed by atoms with E-state index in [0.29, 0.717) is 6.54 Å². The minimum atomic E-state index is -2.28. The number of rotatable bonds is 7. The van der Waals surface area contributed by atoms with Crippen LogP contribution in [0.4, 0.5) is 8.78 Å². The first-order valence-electron chi connectivity index (χ1n) is 6.67. The van der Waals surface area contributed by atoms with Gasteiger partial charge >= 0.3 is 0 Å². The van der Waals surface area contributed by atoms with Crippen molar-refractivity contribution >= 4 is 0 Å². The highest BCUT2D eigenvalue weighted by molar-refractivity contribution is 5.14. The second-order valence-corrected chi connectivity index (χ2v) is 5.14. The van der Waals surface area contributed by atoms with Crippen molar-refractivity contribution in [3.05, 3.63) is 0 Å². The van der Waals surface area contributed by atoms with Gasteiger partial charge in [0.15, 0.2) is 0 Å². The van der Waals surface area contributed by atoms with E-state index in [4.69, 9.17) is 0 Å². The Balaban J connectivity index is 2.48. The van der Waals surface area contributed by atoms with Crippen LogP contribution < -0.4 is 5.32 Å². The van der Waals surface area contributed by atoms with Crippen LogP contribution in [0.2, 0.25) is 0 Å². The van der Waals surface area contributed by atoms with Crippen LogP contribution in [0.15, 0.2) is 0 Å². The fraction of sp³-hybridized carbons (Fsp3) is 0.923. The van der Waals surface area contributed by atoms with Gasteiger partial charge in [-0.3, -0.25) is 5.32 Å². The Labute approximate surface area is 108 Å². The van der Waals surface area contributed by atoms with Gasteiger partial charge < -0.3 is 4.90 Å². The standard InChI is InChI=1S/C13H23F2N3/c1-3-17-13(10-16)7-4-5-11(13)6-8-18(2)9-12(14)15/h11-12,17H,3-9H2,1-2H3. The van der Waals surface area contributed by atoms with Gasteiger partial charge in [-0.05, 0) is 45.3 Å². The summed E-state index contributed by atoms with van der Waals surface area (Å²) in [6.07, 6.45) is 1.46. The molecule has 0 heterocycles. The number of halogens is 2. The summed E-state index contributed by atoms with van der Waals surface area (Å²) in [6.45, 7) is 3.21. The summed E-state index contributed by atoms with van der Waals surface area (Å²) in [4.78, 5) is 1.65. The van der Waals surface area contributed by atoms with Crippen molar-refractivity contribution in [2.24, 2.45) is 5.92 Å². The van der Waals surface area contributed by atoms with Gasteiger partial charge in [0.2, 0.25) is 0 Å². The van der Waals surface area contributed by atoms with E-state index in [-0.39, 0.29) is 12.5 Å². The first-order chi connectivity index (χ1) is 8.54. The minimum Gasteiger partial charge on any atom is -0.301 e. The monoisotopic (exact) mass is 259 g/mol. The Morgan fingerprint density at radius 2 is 2.28 bits per heavy atom. The smallest absolute Gasteiger partial charge is 0.251 e. The minimum absolute atomic E-state index is 0.187. The number of hydrogen-bond acceptors (Lipinski definition) is 3. The quantitative estimate of drug-likeness (QED) is 0.762. The normalized spacial score (nSPS) is 27.9. The molecular formula is C13H23F2N3. The van der Waals surface area contributed by atoms with Crippen LogP contribution in [0.25, 0.3) is 0 Å². The lowest BCUT2D eigenvalue weighted by atomic mass is 9.85. The van der Waals surface area contributed by atoms with Gasteiger partial charge in [0.25, 0.3) is 6.43 Å². The molecule has 18 heavy (non-hydrogen) atoms. The van der Waals surface area contributed by atoms with Gasteiger partial charge in [-0.1, -0.05) is 13.3 Å². The highest BCUT2D eigenvalue weighted by Gasteiger charge is 2.42. The lowest BCUT2D eigenvalue weighted by Gasteiger charge is -2.30. The van der Waals surface area contributed by atoms with E-state index in [9.17, 15) is 14.0 Å². The van der Waals surface area contributed by atoms with Crippen LogP contribution in [0, 0.1) is 17.2 Å². The summed E-state index contributed by atoms with van der Waals surface area (Å²) in [7, 11) is 1.71. The molecule has 2 unspecified atom stereocenters. The molecule has 3 nitrogen and oxygen atoms in total. The van der Waals surface area contributed by atoms with Crippen molar-refractivity contribution in [3.63, 3.8) is 0 Å². The first-order valence-corrected chi connectivity index (χ1v) is 6.67. The number of alkyl halides is 2. The molecule has 0 spiro atoms. The molecular weight excluding hydrogens is 236 g/mol. The SMILES string of the molecule is CCNC1(C#N)CCCC1CCN(C)CC(F)F. The van der Waals surface area contributed by atoms with Crippen LogP contribution in [0.5, 0.6) is 0 Å². The third-order valence-corrected chi connectivity index (χ3v) is 3.82. The molecule has 5 heteroatoms.